The van der Waals surface area contributed by atoms with E-state index in [1.165, 1.54) is 0 Å². The highest BCUT2D eigenvalue weighted by atomic mass is 19.4. The first-order valence-corrected chi connectivity index (χ1v) is 9.54. The minimum Gasteiger partial charge on any atom is -0.457 e. The molecule has 4 rings (SSSR count). The fourth-order valence-electron chi connectivity index (χ4n) is 3.59. The molecular formula is C24H17F3N2O3. The second kappa shape index (κ2) is 7.88. The van der Waals surface area contributed by atoms with E-state index in [0.29, 0.717) is 34.3 Å². The quantitative estimate of drug-likeness (QED) is 0.580. The van der Waals surface area contributed by atoms with Crippen molar-refractivity contribution in [1.82, 2.24) is 10.3 Å². The van der Waals surface area contributed by atoms with Crippen molar-refractivity contribution in [3.8, 4) is 11.5 Å². The largest absolute Gasteiger partial charge is 0.457 e. The third kappa shape index (κ3) is 3.71. The van der Waals surface area contributed by atoms with Crippen LogP contribution >= 0.6 is 0 Å². The summed E-state index contributed by atoms with van der Waals surface area (Å²) in [6.45, 7) is 7.53. The zero-order valence-electron chi connectivity index (χ0n) is 16.6. The van der Waals surface area contributed by atoms with Gasteiger partial charge in [0.1, 0.15) is 22.8 Å². The van der Waals surface area contributed by atoms with E-state index in [0.717, 1.165) is 11.6 Å². The molecule has 1 amide bonds. The minimum absolute atomic E-state index is 0.439. The Morgan fingerprint density at radius 2 is 1.84 bits per heavy atom. The lowest BCUT2D eigenvalue weighted by atomic mass is 9.90. The molecule has 3 aromatic rings. The van der Waals surface area contributed by atoms with Crippen molar-refractivity contribution in [1.29, 1.82) is 0 Å². The summed E-state index contributed by atoms with van der Waals surface area (Å²) in [5, 5.41) is 2.76. The van der Waals surface area contributed by atoms with Crippen LogP contribution in [0.4, 0.5) is 13.2 Å². The van der Waals surface area contributed by atoms with Crippen LogP contribution in [0.15, 0.2) is 66.5 Å². The molecule has 1 aliphatic rings. The lowest BCUT2D eigenvalue weighted by Crippen LogP contribution is -2.35. The Bertz CT molecular complexity index is 1310. The van der Waals surface area contributed by atoms with E-state index in [1.54, 1.807) is 53.5 Å². The Hall–Kier alpha value is -4.07. The molecule has 32 heavy (non-hydrogen) atoms. The van der Waals surface area contributed by atoms with E-state index < -0.39 is 34.9 Å². The fourth-order valence-corrected chi connectivity index (χ4v) is 3.59. The molecular weight excluding hydrogens is 421 g/mol. The van der Waals surface area contributed by atoms with Crippen molar-refractivity contribution in [2.45, 2.75) is 12.2 Å². The summed E-state index contributed by atoms with van der Waals surface area (Å²) in [6.07, 6.45) is -1.47. The number of pyridine rings is 1. The predicted octanol–water partition coefficient (Wildman–Crippen LogP) is 5.30. The average Bonchev–Trinajstić information content (AvgIpc) is 2.77. The number of hydrogen-bond acceptors (Lipinski definition) is 3. The number of H-pyrrole nitrogens is 1. The summed E-state index contributed by atoms with van der Waals surface area (Å²) in [5.74, 6) is 0.154. The third-order valence-corrected chi connectivity index (χ3v) is 5.15. The predicted molar refractivity (Wildman–Crippen MR) is 115 cm³/mol. The molecule has 0 saturated carbocycles. The van der Waals surface area contributed by atoms with Crippen LogP contribution in [0, 0.1) is 0 Å². The number of alkyl halides is 3. The number of aromatic amines is 1. The Labute approximate surface area is 180 Å². The number of hydrogen-bond donors (Lipinski definition) is 2. The summed E-state index contributed by atoms with van der Waals surface area (Å²) in [7, 11) is 0. The van der Waals surface area contributed by atoms with Crippen molar-refractivity contribution < 1.29 is 22.7 Å². The van der Waals surface area contributed by atoms with E-state index in [9.17, 15) is 22.8 Å². The van der Waals surface area contributed by atoms with Crippen molar-refractivity contribution in [2.75, 3.05) is 0 Å². The monoisotopic (exact) mass is 438 g/mol. The maximum Gasteiger partial charge on any atom is 0.431 e. The Morgan fingerprint density at radius 1 is 1.06 bits per heavy atom. The number of nitrogens with one attached hydrogen (secondary N) is 2. The zero-order chi connectivity index (χ0) is 23.0. The van der Waals surface area contributed by atoms with Crippen LogP contribution in [-0.4, -0.2) is 10.9 Å². The van der Waals surface area contributed by atoms with E-state index in [1.807, 2.05) is 0 Å². The van der Waals surface area contributed by atoms with Gasteiger partial charge in [0.2, 0.25) is 0 Å². The van der Waals surface area contributed by atoms with Crippen molar-refractivity contribution in [3.05, 3.63) is 106 Å². The lowest BCUT2D eigenvalue weighted by Gasteiger charge is -2.30. The summed E-state index contributed by atoms with van der Waals surface area (Å²) in [6, 6.07) is 11.4. The number of amides is 1. The van der Waals surface area contributed by atoms with E-state index in [2.05, 4.69) is 18.5 Å². The highest BCUT2D eigenvalue weighted by Crippen LogP contribution is 2.45. The third-order valence-electron chi connectivity index (χ3n) is 5.15. The SMILES string of the molecule is C=Cc1ccc2c(c1)Oc1cccc(C=C)c1C2NC(=O)c1ccc(C(F)(F)F)[nH]c1=O. The van der Waals surface area contributed by atoms with Gasteiger partial charge in [0, 0.05) is 11.1 Å². The number of ether oxygens (including phenoxy) is 1. The molecule has 1 atom stereocenters. The maximum atomic E-state index is 12.9. The van der Waals surface area contributed by atoms with Gasteiger partial charge >= 0.3 is 6.18 Å². The average molecular weight is 438 g/mol. The fraction of sp³-hybridized carbons (Fsp3) is 0.0833. The first-order valence-electron chi connectivity index (χ1n) is 9.54. The number of halogens is 3. The van der Waals surface area contributed by atoms with Gasteiger partial charge in [-0.1, -0.05) is 49.6 Å². The van der Waals surface area contributed by atoms with E-state index in [-0.39, 0.29) is 0 Å². The first-order chi connectivity index (χ1) is 15.2. The highest BCUT2D eigenvalue weighted by molar-refractivity contribution is 5.94. The molecule has 0 fully saturated rings. The van der Waals surface area contributed by atoms with Crippen molar-refractivity contribution >= 4 is 18.1 Å². The second-order valence-electron chi connectivity index (χ2n) is 7.09. The molecule has 0 saturated heterocycles. The molecule has 0 aliphatic carbocycles. The van der Waals surface area contributed by atoms with Gasteiger partial charge in [-0.3, -0.25) is 9.59 Å². The number of carbonyl (C=O) groups excluding carboxylic acids is 1. The summed E-state index contributed by atoms with van der Waals surface area (Å²) >= 11 is 0. The van der Waals surface area contributed by atoms with Crippen molar-refractivity contribution in [3.63, 3.8) is 0 Å². The van der Waals surface area contributed by atoms with Gasteiger partial charge in [-0.2, -0.15) is 13.2 Å². The van der Waals surface area contributed by atoms with Crippen LogP contribution in [-0.2, 0) is 6.18 Å². The molecule has 1 unspecified atom stereocenters. The van der Waals surface area contributed by atoms with Crippen molar-refractivity contribution in [2.24, 2.45) is 0 Å². The van der Waals surface area contributed by atoms with Crippen LogP contribution in [0.1, 0.15) is 44.3 Å². The molecule has 2 N–H and O–H groups in total. The molecule has 5 nitrogen and oxygen atoms in total. The van der Waals surface area contributed by atoms with Gasteiger partial charge in [-0.05, 0) is 35.4 Å². The van der Waals surface area contributed by atoms with Gasteiger partial charge < -0.3 is 15.0 Å². The maximum absolute atomic E-state index is 12.9. The first kappa shape index (κ1) is 21.2. The highest BCUT2D eigenvalue weighted by Gasteiger charge is 2.34. The van der Waals surface area contributed by atoms with Gasteiger partial charge in [0.15, 0.2) is 0 Å². The molecule has 162 valence electrons. The van der Waals surface area contributed by atoms with Gasteiger partial charge in [0.05, 0.1) is 6.04 Å². The smallest absolute Gasteiger partial charge is 0.431 e. The van der Waals surface area contributed by atoms with Gasteiger partial charge in [-0.25, -0.2) is 0 Å². The van der Waals surface area contributed by atoms with E-state index >= 15 is 0 Å². The van der Waals surface area contributed by atoms with Crippen LogP contribution < -0.4 is 15.6 Å². The van der Waals surface area contributed by atoms with Crippen LogP contribution in [0.25, 0.3) is 12.2 Å². The summed E-state index contributed by atoms with van der Waals surface area (Å²) < 4.78 is 44.6. The molecule has 0 radical (unpaired) electrons. The van der Waals surface area contributed by atoms with Crippen LogP contribution in [0.5, 0.6) is 11.5 Å². The lowest BCUT2D eigenvalue weighted by molar-refractivity contribution is -0.141. The minimum atomic E-state index is -4.73. The number of benzene rings is 2. The molecule has 0 bridgehead atoms. The number of carbonyl (C=O) groups is 1. The standard InChI is InChI=1S/C24H17F3N2O3/c1-3-13-8-9-15-18(12-13)32-17-7-5-6-14(4-2)20(17)21(15)29-23(31)16-10-11-19(24(25,26)27)28-22(16)30/h3-12,21H,1-2H2,(H,28,30)(H,29,31). The zero-order valence-corrected chi connectivity index (χ0v) is 16.6. The van der Waals surface area contributed by atoms with Crippen LogP contribution in [0.2, 0.25) is 0 Å². The number of rotatable bonds is 4. The molecule has 0 spiro atoms. The summed E-state index contributed by atoms with van der Waals surface area (Å²) in [5.41, 5.74) is -0.0574. The normalized spacial score (nSPS) is 14.5. The molecule has 2 aromatic carbocycles. The van der Waals surface area contributed by atoms with Gasteiger partial charge in [0.25, 0.3) is 11.5 Å². The molecule has 1 aromatic heterocycles. The molecule has 2 heterocycles. The molecule has 1 aliphatic heterocycles. The second-order valence-corrected chi connectivity index (χ2v) is 7.09. The number of fused-ring (bicyclic) bond motifs is 2. The van der Waals surface area contributed by atoms with E-state index in [4.69, 9.17) is 4.74 Å². The number of aromatic nitrogens is 1. The Kier molecular flexibility index (Phi) is 5.22. The Morgan fingerprint density at radius 3 is 2.50 bits per heavy atom. The summed E-state index contributed by atoms with van der Waals surface area (Å²) in [4.78, 5) is 26.9. The Balaban J connectivity index is 1.78. The van der Waals surface area contributed by atoms with Gasteiger partial charge in [-0.15, -0.1) is 0 Å². The topological polar surface area (TPSA) is 71.2 Å². The molecule has 8 heteroatoms. The van der Waals surface area contributed by atoms with Crippen LogP contribution in [0.3, 0.4) is 0 Å².